The number of likely N-dealkylation sites (N-methyl/N-ethyl adjacent to an activating group) is 1. The molecule has 1 saturated heterocycles. The normalized spacial score (nSPS) is 19.0. The third-order valence-corrected chi connectivity index (χ3v) is 2.34. The number of aromatic nitrogens is 2. The molecule has 1 aliphatic rings. The third kappa shape index (κ3) is 2.68. The van der Waals surface area contributed by atoms with Crippen molar-refractivity contribution >= 4 is 12.0 Å². The number of hydrogen-bond acceptors (Lipinski definition) is 5. The minimum atomic E-state index is -0.372. The highest BCUT2D eigenvalue weighted by Crippen LogP contribution is 2.07. The number of rotatable bonds is 3. The summed E-state index contributed by atoms with van der Waals surface area (Å²) in [4.78, 5) is 31.8. The van der Waals surface area contributed by atoms with Gasteiger partial charge in [0.15, 0.2) is 0 Å². The van der Waals surface area contributed by atoms with Crippen LogP contribution in [-0.2, 0) is 4.74 Å². The summed E-state index contributed by atoms with van der Waals surface area (Å²) in [6.07, 6.45) is 3.63. The first-order chi connectivity index (χ1) is 8.16. The average Bonchev–Trinajstić information content (AvgIpc) is 2.67. The van der Waals surface area contributed by atoms with Crippen LogP contribution in [-0.4, -0.2) is 53.1 Å². The highest BCUT2D eigenvalue weighted by Gasteiger charge is 2.28. The first-order valence-electron chi connectivity index (χ1n) is 5.13. The molecular weight excluding hydrogens is 224 g/mol. The number of amides is 2. The van der Waals surface area contributed by atoms with Gasteiger partial charge in [-0.05, 0) is 0 Å². The summed E-state index contributed by atoms with van der Waals surface area (Å²) < 4.78 is 5.00. The van der Waals surface area contributed by atoms with Crippen molar-refractivity contribution in [2.24, 2.45) is 0 Å². The van der Waals surface area contributed by atoms with Crippen molar-refractivity contribution in [1.82, 2.24) is 20.2 Å². The number of nitrogens with zero attached hydrogens (tertiary/aromatic N) is 3. The zero-order valence-electron chi connectivity index (χ0n) is 9.29. The van der Waals surface area contributed by atoms with Crippen LogP contribution in [0.3, 0.4) is 0 Å². The predicted octanol–water partition coefficient (Wildman–Crippen LogP) is -0.343. The lowest BCUT2D eigenvalue weighted by molar-refractivity contribution is 0.0910. The second kappa shape index (κ2) is 4.77. The lowest BCUT2D eigenvalue weighted by atomic mass is 10.3. The number of nitrogens with one attached hydrogen (secondary N) is 1. The molecule has 7 nitrogen and oxygen atoms in total. The average molecular weight is 236 g/mol. The topological polar surface area (TPSA) is 84.4 Å². The summed E-state index contributed by atoms with van der Waals surface area (Å²) >= 11 is 0. The van der Waals surface area contributed by atoms with Gasteiger partial charge in [-0.1, -0.05) is 0 Å². The predicted molar refractivity (Wildman–Crippen MR) is 57.3 cm³/mol. The van der Waals surface area contributed by atoms with Crippen molar-refractivity contribution in [3.05, 3.63) is 24.3 Å². The van der Waals surface area contributed by atoms with Gasteiger partial charge in [-0.3, -0.25) is 9.78 Å². The molecule has 1 N–H and O–H groups in total. The van der Waals surface area contributed by atoms with E-state index in [0.717, 1.165) is 0 Å². The fourth-order valence-electron chi connectivity index (χ4n) is 1.47. The first kappa shape index (κ1) is 11.3. The van der Waals surface area contributed by atoms with E-state index in [1.165, 1.54) is 23.5 Å². The van der Waals surface area contributed by atoms with Gasteiger partial charge in [0.2, 0.25) is 0 Å². The Morgan fingerprint density at radius 2 is 2.47 bits per heavy atom. The van der Waals surface area contributed by atoms with Gasteiger partial charge in [-0.15, -0.1) is 0 Å². The van der Waals surface area contributed by atoms with Crippen LogP contribution < -0.4 is 5.32 Å². The molecule has 2 rings (SSSR count). The Balaban J connectivity index is 1.83. The van der Waals surface area contributed by atoms with E-state index in [-0.39, 0.29) is 30.3 Å². The SMILES string of the molecule is CN1CC(CNC(=O)c2cnccn2)OC1=O. The van der Waals surface area contributed by atoms with Gasteiger partial charge in [-0.2, -0.15) is 0 Å². The van der Waals surface area contributed by atoms with Gasteiger partial charge in [-0.25, -0.2) is 9.78 Å². The van der Waals surface area contributed by atoms with Crippen LogP contribution in [0.2, 0.25) is 0 Å². The molecule has 1 fully saturated rings. The monoisotopic (exact) mass is 236 g/mol. The fraction of sp³-hybridized carbons (Fsp3) is 0.400. The largest absolute Gasteiger partial charge is 0.442 e. The lowest BCUT2D eigenvalue weighted by Crippen LogP contribution is -2.34. The lowest BCUT2D eigenvalue weighted by Gasteiger charge is -2.08. The highest BCUT2D eigenvalue weighted by atomic mass is 16.6. The van der Waals surface area contributed by atoms with Crippen molar-refractivity contribution in [3.63, 3.8) is 0 Å². The van der Waals surface area contributed by atoms with E-state index >= 15 is 0 Å². The van der Waals surface area contributed by atoms with Crippen LogP contribution in [0.15, 0.2) is 18.6 Å². The summed E-state index contributed by atoms with van der Waals surface area (Å²) in [5.74, 6) is -0.330. The zero-order valence-corrected chi connectivity index (χ0v) is 9.29. The molecule has 0 aromatic carbocycles. The number of carbonyl (C=O) groups is 2. The van der Waals surface area contributed by atoms with Crippen LogP contribution in [0.4, 0.5) is 4.79 Å². The number of ether oxygens (including phenoxy) is 1. The first-order valence-corrected chi connectivity index (χ1v) is 5.13. The van der Waals surface area contributed by atoms with Crippen LogP contribution in [0.1, 0.15) is 10.5 Å². The number of carbonyl (C=O) groups excluding carboxylic acids is 2. The van der Waals surface area contributed by atoms with Crippen LogP contribution in [0.5, 0.6) is 0 Å². The molecule has 0 saturated carbocycles. The van der Waals surface area contributed by atoms with E-state index in [1.54, 1.807) is 7.05 Å². The van der Waals surface area contributed by atoms with E-state index in [4.69, 9.17) is 4.74 Å². The van der Waals surface area contributed by atoms with E-state index in [0.29, 0.717) is 6.54 Å². The zero-order chi connectivity index (χ0) is 12.3. The van der Waals surface area contributed by atoms with E-state index in [2.05, 4.69) is 15.3 Å². The highest BCUT2D eigenvalue weighted by molar-refractivity contribution is 5.91. The molecule has 17 heavy (non-hydrogen) atoms. The van der Waals surface area contributed by atoms with Gasteiger partial charge >= 0.3 is 6.09 Å². The Morgan fingerprint density at radius 3 is 3.06 bits per heavy atom. The van der Waals surface area contributed by atoms with Crippen LogP contribution in [0.25, 0.3) is 0 Å². The molecule has 0 radical (unpaired) electrons. The van der Waals surface area contributed by atoms with Crippen molar-refractivity contribution in [1.29, 1.82) is 0 Å². The van der Waals surface area contributed by atoms with Gasteiger partial charge in [0.25, 0.3) is 5.91 Å². The minimum absolute atomic E-state index is 0.241. The summed E-state index contributed by atoms with van der Waals surface area (Å²) in [5, 5.41) is 2.64. The van der Waals surface area contributed by atoms with Gasteiger partial charge in [0.05, 0.1) is 19.3 Å². The molecule has 90 valence electrons. The van der Waals surface area contributed by atoms with E-state index in [1.807, 2.05) is 0 Å². The number of hydrogen-bond donors (Lipinski definition) is 1. The van der Waals surface area contributed by atoms with Gasteiger partial charge < -0.3 is 15.0 Å². The molecule has 2 heterocycles. The molecule has 1 aromatic rings. The molecule has 2 amide bonds. The molecule has 0 aliphatic carbocycles. The van der Waals surface area contributed by atoms with E-state index in [9.17, 15) is 9.59 Å². The van der Waals surface area contributed by atoms with Gasteiger partial charge in [0, 0.05) is 19.4 Å². The molecule has 1 unspecified atom stereocenters. The van der Waals surface area contributed by atoms with E-state index < -0.39 is 0 Å². The Hall–Kier alpha value is -2.18. The Kier molecular flexibility index (Phi) is 3.17. The maximum Gasteiger partial charge on any atom is 0.410 e. The molecule has 0 bridgehead atoms. The molecule has 1 aliphatic heterocycles. The molecule has 1 atom stereocenters. The molecular formula is C10H12N4O3. The smallest absolute Gasteiger partial charge is 0.410 e. The molecule has 7 heteroatoms. The summed E-state index contributed by atoms with van der Waals surface area (Å²) in [6, 6.07) is 0. The summed E-state index contributed by atoms with van der Waals surface area (Å²) in [7, 11) is 1.65. The van der Waals surface area contributed by atoms with Crippen molar-refractivity contribution in [3.8, 4) is 0 Å². The van der Waals surface area contributed by atoms with Crippen molar-refractivity contribution < 1.29 is 14.3 Å². The Morgan fingerprint density at radius 1 is 1.65 bits per heavy atom. The maximum absolute atomic E-state index is 11.6. The minimum Gasteiger partial charge on any atom is -0.442 e. The van der Waals surface area contributed by atoms with Crippen molar-refractivity contribution in [2.75, 3.05) is 20.1 Å². The van der Waals surface area contributed by atoms with Crippen LogP contribution in [0, 0.1) is 0 Å². The van der Waals surface area contributed by atoms with Crippen LogP contribution >= 0.6 is 0 Å². The Labute approximate surface area is 97.8 Å². The Bertz CT molecular complexity index is 423. The summed E-state index contributed by atoms with van der Waals surface area (Å²) in [6.45, 7) is 0.741. The quantitative estimate of drug-likeness (QED) is 0.775. The maximum atomic E-state index is 11.6. The third-order valence-electron chi connectivity index (χ3n) is 2.34. The summed E-state index contributed by atoms with van der Waals surface area (Å²) in [5.41, 5.74) is 0.241. The fourth-order valence-corrected chi connectivity index (χ4v) is 1.47. The molecule has 1 aromatic heterocycles. The van der Waals surface area contributed by atoms with Gasteiger partial charge in [0.1, 0.15) is 11.8 Å². The second-order valence-corrected chi connectivity index (χ2v) is 3.69. The molecule has 0 spiro atoms. The standard InChI is InChI=1S/C10H12N4O3/c1-14-6-7(17-10(14)16)4-13-9(15)8-5-11-2-3-12-8/h2-3,5,7H,4,6H2,1H3,(H,13,15). The van der Waals surface area contributed by atoms with Crippen molar-refractivity contribution in [2.45, 2.75) is 6.10 Å². The second-order valence-electron chi connectivity index (χ2n) is 3.69. The number of cyclic esters (lactones) is 1.